The minimum Gasteiger partial charge on any atom is -0.347 e. The Morgan fingerprint density at radius 3 is 2.07 bits per heavy atom. The number of amides is 3. The maximum atomic E-state index is 13.0. The summed E-state index contributed by atoms with van der Waals surface area (Å²) in [7, 11) is 0. The van der Waals surface area contributed by atoms with Crippen LogP contribution in [0, 0.1) is 0 Å². The van der Waals surface area contributed by atoms with E-state index in [0.717, 1.165) is 16.7 Å². The third-order valence-corrected chi connectivity index (χ3v) is 4.68. The fraction of sp³-hybridized carbons (Fsp3) is 0.182. The van der Waals surface area contributed by atoms with E-state index >= 15 is 0 Å². The van der Waals surface area contributed by atoms with Crippen LogP contribution in [0.1, 0.15) is 45.2 Å². The highest BCUT2D eigenvalue weighted by Crippen LogP contribution is 2.26. The molecule has 0 saturated carbocycles. The van der Waals surface area contributed by atoms with E-state index in [1.54, 1.807) is 36.4 Å². The van der Waals surface area contributed by atoms with Crippen LogP contribution in [-0.4, -0.2) is 34.9 Å². The molecule has 2 atom stereocenters. The van der Waals surface area contributed by atoms with Gasteiger partial charge in [0, 0.05) is 6.42 Å². The lowest BCUT2D eigenvalue weighted by Gasteiger charge is -2.27. The van der Waals surface area contributed by atoms with Crippen molar-refractivity contribution in [2.45, 2.75) is 24.9 Å². The van der Waals surface area contributed by atoms with Gasteiger partial charge in [0.15, 0.2) is 0 Å². The topological polar surface area (TPSA) is 83.6 Å². The molecule has 0 aromatic heterocycles. The molecule has 1 aliphatic rings. The Labute approximate surface area is 162 Å². The van der Waals surface area contributed by atoms with E-state index in [0.29, 0.717) is 0 Å². The molecule has 0 fully saturated rings. The van der Waals surface area contributed by atoms with Crippen LogP contribution < -0.4 is 5.32 Å². The summed E-state index contributed by atoms with van der Waals surface area (Å²) in [5, 5.41) is 2.80. The van der Waals surface area contributed by atoms with Gasteiger partial charge in [0.25, 0.3) is 11.8 Å². The van der Waals surface area contributed by atoms with Crippen molar-refractivity contribution in [3.8, 4) is 0 Å². The Bertz CT molecular complexity index is 888. The summed E-state index contributed by atoms with van der Waals surface area (Å²) in [5.74, 6) is -1.52. The van der Waals surface area contributed by atoms with Gasteiger partial charge in [-0.1, -0.05) is 48.5 Å². The second-order valence-electron chi connectivity index (χ2n) is 6.44. The largest absolute Gasteiger partial charge is 0.347 e. The van der Waals surface area contributed by atoms with Gasteiger partial charge in [0.1, 0.15) is 12.3 Å². The van der Waals surface area contributed by atoms with Gasteiger partial charge < -0.3 is 10.1 Å². The Kier molecular flexibility index (Phi) is 5.79. The SMILES string of the molecule is C=CC[C@@H](C(=O)N[C@H](CC=O)c1ccccc1)N1C(=O)c2ccccc2C1=O. The molecule has 28 heavy (non-hydrogen) atoms. The van der Waals surface area contributed by atoms with E-state index in [1.807, 2.05) is 18.2 Å². The van der Waals surface area contributed by atoms with Gasteiger partial charge in [0.05, 0.1) is 17.2 Å². The van der Waals surface area contributed by atoms with E-state index in [4.69, 9.17) is 0 Å². The normalized spacial score (nSPS) is 14.9. The number of nitrogens with one attached hydrogen (secondary N) is 1. The molecule has 0 unspecified atom stereocenters. The zero-order valence-corrected chi connectivity index (χ0v) is 15.2. The van der Waals surface area contributed by atoms with E-state index < -0.39 is 29.8 Å². The van der Waals surface area contributed by atoms with Crippen molar-refractivity contribution in [1.82, 2.24) is 10.2 Å². The first-order valence-electron chi connectivity index (χ1n) is 8.95. The predicted molar refractivity (Wildman–Crippen MR) is 104 cm³/mol. The van der Waals surface area contributed by atoms with Gasteiger partial charge in [0.2, 0.25) is 5.91 Å². The van der Waals surface area contributed by atoms with Crippen molar-refractivity contribution in [3.63, 3.8) is 0 Å². The van der Waals surface area contributed by atoms with Crippen molar-refractivity contribution in [1.29, 1.82) is 0 Å². The summed E-state index contributed by atoms with van der Waals surface area (Å²) >= 11 is 0. The Balaban J connectivity index is 1.87. The first-order chi connectivity index (χ1) is 13.6. The summed E-state index contributed by atoms with van der Waals surface area (Å²) in [6.45, 7) is 3.64. The van der Waals surface area contributed by atoms with Crippen molar-refractivity contribution < 1.29 is 19.2 Å². The first-order valence-corrected chi connectivity index (χ1v) is 8.95. The summed E-state index contributed by atoms with van der Waals surface area (Å²) in [6.07, 6.45) is 2.41. The fourth-order valence-corrected chi connectivity index (χ4v) is 3.31. The van der Waals surface area contributed by atoms with E-state index in [1.165, 1.54) is 6.08 Å². The summed E-state index contributed by atoms with van der Waals surface area (Å²) in [4.78, 5) is 50.6. The lowest BCUT2D eigenvalue weighted by Crippen LogP contribution is -2.50. The smallest absolute Gasteiger partial charge is 0.262 e. The standard InChI is InChI=1S/C22H20N2O4/c1-2-8-19(24-21(27)16-11-6-7-12-17(16)22(24)28)20(26)23-18(13-14-25)15-9-4-3-5-10-15/h2-7,9-12,14,18-19H,1,8,13H2,(H,23,26)/t18-,19+/m1/s1. The number of carbonyl (C=O) groups excluding carboxylic acids is 4. The second kappa shape index (κ2) is 8.43. The van der Waals surface area contributed by atoms with Crippen molar-refractivity contribution >= 4 is 24.0 Å². The number of benzene rings is 2. The molecule has 0 spiro atoms. The van der Waals surface area contributed by atoms with Gasteiger partial charge in [-0.15, -0.1) is 6.58 Å². The monoisotopic (exact) mass is 376 g/mol. The molecular formula is C22H20N2O4. The third-order valence-electron chi connectivity index (χ3n) is 4.68. The molecule has 142 valence electrons. The maximum Gasteiger partial charge on any atom is 0.262 e. The van der Waals surface area contributed by atoms with E-state index in [2.05, 4.69) is 11.9 Å². The van der Waals surface area contributed by atoms with E-state index in [-0.39, 0.29) is 24.0 Å². The van der Waals surface area contributed by atoms with Crippen molar-refractivity contribution in [2.24, 2.45) is 0 Å². The zero-order chi connectivity index (χ0) is 20.1. The van der Waals surface area contributed by atoms with Crippen molar-refractivity contribution in [3.05, 3.63) is 83.9 Å². The van der Waals surface area contributed by atoms with Crippen LogP contribution in [0.4, 0.5) is 0 Å². The molecule has 2 aromatic rings. The number of imide groups is 1. The van der Waals surface area contributed by atoms with Crippen molar-refractivity contribution in [2.75, 3.05) is 0 Å². The average molecular weight is 376 g/mol. The van der Waals surface area contributed by atoms with Crippen LogP contribution >= 0.6 is 0 Å². The van der Waals surface area contributed by atoms with Crippen LogP contribution in [0.25, 0.3) is 0 Å². The van der Waals surface area contributed by atoms with Gasteiger partial charge in [-0.25, -0.2) is 0 Å². The molecule has 3 rings (SSSR count). The summed E-state index contributed by atoms with van der Waals surface area (Å²) in [5.41, 5.74) is 1.33. The van der Waals surface area contributed by atoms with E-state index in [9.17, 15) is 19.2 Å². The van der Waals surface area contributed by atoms with Crippen LogP contribution in [0.15, 0.2) is 67.3 Å². The molecule has 1 aliphatic heterocycles. The lowest BCUT2D eigenvalue weighted by molar-refractivity contribution is -0.125. The molecule has 6 heteroatoms. The molecule has 6 nitrogen and oxygen atoms in total. The number of hydrogen-bond acceptors (Lipinski definition) is 4. The van der Waals surface area contributed by atoms with Gasteiger partial charge in [-0.05, 0) is 24.1 Å². The highest BCUT2D eigenvalue weighted by Gasteiger charge is 2.42. The number of fused-ring (bicyclic) bond motifs is 1. The first kappa shape index (κ1) is 19.2. The molecule has 3 amide bonds. The van der Waals surface area contributed by atoms with Gasteiger partial charge >= 0.3 is 0 Å². The van der Waals surface area contributed by atoms with Gasteiger partial charge in [-0.2, -0.15) is 0 Å². The number of nitrogens with zero attached hydrogens (tertiary/aromatic N) is 1. The Morgan fingerprint density at radius 1 is 0.964 bits per heavy atom. The number of hydrogen-bond donors (Lipinski definition) is 1. The summed E-state index contributed by atoms with van der Waals surface area (Å²) < 4.78 is 0. The average Bonchev–Trinajstić information content (AvgIpc) is 2.97. The maximum absolute atomic E-state index is 13.0. The van der Waals surface area contributed by atoms with Gasteiger partial charge in [-0.3, -0.25) is 19.3 Å². The Hall–Kier alpha value is -3.54. The molecule has 1 N–H and O–H groups in total. The number of aldehydes is 1. The molecule has 0 aliphatic carbocycles. The molecule has 0 saturated heterocycles. The quantitative estimate of drug-likeness (QED) is 0.436. The molecule has 1 heterocycles. The van der Waals surface area contributed by atoms with Crippen LogP contribution in [0.3, 0.4) is 0 Å². The zero-order valence-electron chi connectivity index (χ0n) is 15.2. The minimum absolute atomic E-state index is 0.0820. The molecule has 2 aromatic carbocycles. The Morgan fingerprint density at radius 2 is 1.54 bits per heavy atom. The summed E-state index contributed by atoms with van der Waals surface area (Å²) in [6, 6.07) is 14.0. The molecule has 0 radical (unpaired) electrons. The lowest BCUT2D eigenvalue weighted by atomic mass is 10.0. The van der Waals surface area contributed by atoms with Crippen LogP contribution in [0.2, 0.25) is 0 Å². The van der Waals surface area contributed by atoms with Crippen LogP contribution in [0.5, 0.6) is 0 Å². The predicted octanol–water partition coefficient (Wildman–Crippen LogP) is 2.67. The number of carbonyl (C=O) groups is 4. The second-order valence-corrected chi connectivity index (χ2v) is 6.44. The number of rotatable bonds is 8. The van der Waals surface area contributed by atoms with Crippen LogP contribution in [-0.2, 0) is 9.59 Å². The molecular weight excluding hydrogens is 356 g/mol. The third kappa shape index (κ3) is 3.62. The highest BCUT2D eigenvalue weighted by atomic mass is 16.2. The molecule has 0 bridgehead atoms. The minimum atomic E-state index is -1.04. The highest BCUT2D eigenvalue weighted by molar-refractivity contribution is 6.22. The fourth-order valence-electron chi connectivity index (χ4n) is 3.31.